The van der Waals surface area contributed by atoms with Crippen LogP contribution >= 0.6 is 12.4 Å². The largest absolute Gasteiger partial charge is 0.384 e. The number of nitrogens with two attached hydrogens (primary N) is 1. The number of halogens is 1. The first-order valence-electron chi connectivity index (χ1n) is 2.04. The van der Waals surface area contributed by atoms with Gasteiger partial charge in [-0.2, -0.15) is 0 Å². The first-order chi connectivity index (χ1) is 3.27. The number of hydrogen-bond acceptors (Lipinski definition) is 2. The zero-order valence-corrected chi connectivity index (χ0v) is 5.53. The van der Waals surface area contributed by atoms with Crippen molar-refractivity contribution in [3.63, 3.8) is 0 Å². The molecule has 0 aliphatic heterocycles. The summed E-state index contributed by atoms with van der Waals surface area (Å²) in [6.07, 6.45) is 0.316. The van der Waals surface area contributed by atoms with Crippen molar-refractivity contribution in [1.82, 2.24) is 0 Å². The van der Waals surface area contributed by atoms with E-state index in [1.165, 1.54) is 7.11 Å². The van der Waals surface area contributed by atoms with E-state index in [1.54, 1.807) is 0 Å². The highest BCUT2D eigenvalue weighted by Gasteiger charge is 1.88. The molecule has 0 fully saturated rings. The van der Waals surface area contributed by atoms with E-state index < -0.39 is 0 Å². The van der Waals surface area contributed by atoms with E-state index in [4.69, 9.17) is 5.73 Å². The molecule has 0 aromatic carbocycles. The van der Waals surface area contributed by atoms with E-state index in [2.05, 4.69) is 4.74 Å². The predicted octanol–water partition coefficient (Wildman–Crippen LogP) is -0.0700. The molecule has 0 bridgehead atoms. The third-order valence-electron chi connectivity index (χ3n) is 0.553. The topological polar surface area (TPSA) is 52.3 Å². The van der Waals surface area contributed by atoms with E-state index in [-0.39, 0.29) is 18.3 Å². The van der Waals surface area contributed by atoms with Crippen molar-refractivity contribution in [2.45, 2.75) is 6.42 Å². The summed E-state index contributed by atoms with van der Waals surface area (Å²) in [4.78, 5) is 9.90. The molecule has 1 amide bonds. The van der Waals surface area contributed by atoms with E-state index in [0.29, 0.717) is 13.0 Å². The van der Waals surface area contributed by atoms with Crippen LogP contribution in [0.1, 0.15) is 6.42 Å². The van der Waals surface area contributed by atoms with Gasteiger partial charge in [0.15, 0.2) is 0 Å². The monoisotopic (exact) mass is 139 g/mol. The van der Waals surface area contributed by atoms with Crippen molar-refractivity contribution in [2.24, 2.45) is 5.73 Å². The molecule has 0 unspecified atom stereocenters. The summed E-state index contributed by atoms with van der Waals surface area (Å²) < 4.78 is 4.55. The Morgan fingerprint density at radius 2 is 2.25 bits per heavy atom. The molecular weight excluding hydrogens is 130 g/mol. The van der Waals surface area contributed by atoms with Crippen molar-refractivity contribution >= 4 is 18.3 Å². The third-order valence-corrected chi connectivity index (χ3v) is 0.553. The second kappa shape index (κ2) is 6.72. The van der Waals surface area contributed by atoms with Gasteiger partial charge in [0, 0.05) is 13.5 Å². The highest BCUT2D eigenvalue weighted by atomic mass is 35.5. The van der Waals surface area contributed by atoms with Crippen LogP contribution in [0.3, 0.4) is 0 Å². The summed E-state index contributed by atoms with van der Waals surface area (Å²) in [5.74, 6) is -0.318. The summed E-state index contributed by atoms with van der Waals surface area (Å²) in [6, 6.07) is 0. The predicted molar refractivity (Wildman–Crippen MR) is 32.9 cm³/mol. The lowest BCUT2D eigenvalue weighted by Gasteiger charge is -1.89. The molecule has 0 aliphatic carbocycles. The molecule has 0 radical (unpaired) electrons. The number of ether oxygens (including phenoxy) is 1. The standard InChI is InChI=1S/C4H9NO2.ClH/c1-7-3-2-4(5)6;/h2-3H2,1H3,(H2,5,6);1H. The fraction of sp³-hybridized carbons (Fsp3) is 0.750. The molecule has 0 saturated heterocycles. The van der Waals surface area contributed by atoms with Crippen molar-refractivity contribution < 1.29 is 9.53 Å². The molecule has 3 nitrogen and oxygen atoms in total. The Hall–Kier alpha value is -0.280. The maximum atomic E-state index is 9.90. The smallest absolute Gasteiger partial charge is 0.219 e. The highest BCUT2D eigenvalue weighted by molar-refractivity contribution is 5.85. The lowest BCUT2D eigenvalue weighted by molar-refractivity contribution is -0.118. The first kappa shape index (κ1) is 10.7. The van der Waals surface area contributed by atoms with Gasteiger partial charge in [-0.25, -0.2) is 0 Å². The molecule has 50 valence electrons. The van der Waals surface area contributed by atoms with Crippen LogP contribution in [0, 0.1) is 0 Å². The fourth-order valence-corrected chi connectivity index (χ4v) is 0.203. The average Bonchev–Trinajstić information content (AvgIpc) is 1.61. The number of amides is 1. The van der Waals surface area contributed by atoms with Gasteiger partial charge in [0.1, 0.15) is 0 Å². The molecule has 0 spiro atoms. The van der Waals surface area contributed by atoms with E-state index in [9.17, 15) is 4.79 Å². The molecule has 0 atom stereocenters. The molecule has 0 aromatic rings. The quantitative estimate of drug-likeness (QED) is 0.595. The number of carbonyl (C=O) groups excluding carboxylic acids is 1. The lowest BCUT2D eigenvalue weighted by Crippen LogP contribution is -2.12. The molecule has 0 heterocycles. The van der Waals surface area contributed by atoms with Crippen LogP contribution in [0.15, 0.2) is 0 Å². The van der Waals surface area contributed by atoms with Crippen LogP contribution in [0.5, 0.6) is 0 Å². The Morgan fingerprint density at radius 3 is 2.38 bits per heavy atom. The van der Waals surface area contributed by atoms with Crippen LogP contribution in [0.2, 0.25) is 0 Å². The van der Waals surface area contributed by atoms with Crippen LogP contribution < -0.4 is 5.73 Å². The molecule has 0 rings (SSSR count). The Morgan fingerprint density at radius 1 is 1.75 bits per heavy atom. The Kier molecular flexibility index (Phi) is 8.95. The van der Waals surface area contributed by atoms with Crippen LogP contribution in [-0.4, -0.2) is 19.6 Å². The maximum Gasteiger partial charge on any atom is 0.219 e. The summed E-state index contributed by atoms with van der Waals surface area (Å²) in [5.41, 5.74) is 4.76. The first-order valence-corrected chi connectivity index (χ1v) is 2.04. The van der Waals surface area contributed by atoms with Gasteiger partial charge in [-0.3, -0.25) is 4.79 Å². The summed E-state index contributed by atoms with van der Waals surface area (Å²) >= 11 is 0. The second-order valence-corrected chi connectivity index (χ2v) is 1.21. The number of methoxy groups -OCH3 is 1. The number of primary amides is 1. The lowest BCUT2D eigenvalue weighted by atomic mass is 10.4. The zero-order chi connectivity index (χ0) is 5.70. The molecule has 8 heavy (non-hydrogen) atoms. The van der Waals surface area contributed by atoms with Crippen molar-refractivity contribution in [2.75, 3.05) is 13.7 Å². The Balaban J connectivity index is 0. The zero-order valence-electron chi connectivity index (χ0n) is 4.72. The van der Waals surface area contributed by atoms with Crippen LogP contribution in [-0.2, 0) is 9.53 Å². The van der Waals surface area contributed by atoms with E-state index in [0.717, 1.165) is 0 Å². The van der Waals surface area contributed by atoms with E-state index >= 15 is 0 Å². The maximum absolute atomic E-state index is 9.90. The van der Waals surface area contributed by atoms with Crippen molar-refractivity contribution in [3.05, 3.63) is 0 Å². The van der Waals surface area contributed by atoms with Gasteiger partial charge in [-0.05, 0) is 0 Å². The van der Waals surface area contributed by atoms with Crippen LogP contribution in [0.25, 0.3) is 0 Å². The SMILES string of the molecule is COCCC(N)=O.Cl. The normalized spacial score (nSPS) is 7.62. The van der Waals surface area contributed by atoms with Gasteiger partial charge >= 0.3 is 0 Å². The van der Waals surface area contributed by atoms with Gasteiger partial charge in [0.25, 0.3) is 0 Å². The number of hydrogen-bond donors (Lipinski definition) is 1. The minimum absolute atomic E-state index is 0. The fourth-order valence-electron chi connectivity index (χ4n) is 0.203. The highest BCUT2D eigenvalue weighted by Crippen LogP contribution is 1.74. The van der Waals surface area contributed by atoms with Gasteiger partial charge < -0.3 is 10.5 Å². The van der Waals surface area contributed by atoms with E-state index in [1.807, 2.05) is 0 Å². The third kappa shape index (κ3) is 9.21. The molecule has 0 aliphatic rings. The minimum Gasteiger partial charge on any atom is -0.384 e. The molecule has 0 saturated carbocycles. The summed E-state index contributed by atoms with van der Waals surface area (Å²) in [6.45, 7) is 0.426. The number of carbonyl (C=O) groups is 1. The molecule has 4 heteroatoms. The van der Waals surface area contributed by atoms with Crippen molar-refractivity contribution in [1.29, 1.82) is 0 Å². The molecule has 2 N–H and O–H groups in total. The minimum atomic E-state index is -0.318. The van der Waals surface area contributed by atoms with Gasteiger partial charge in [-0.15, -0.1) is 12.4 Å². The van der Waals surface area contributed by atoms with Gasteiger partial charge in [0.2, 0.25) is 5.91 Å². The number of rotatable bonds is 3. The van der Waals surface area contributed by atoms with Crippen molar-refractivity contribution in [3.8, 4) is 0 Å². The molecule has 0 aromatic heterocycles. The Labute approximate surface area is 54.6 Å². The summed E-state index contributed by atoms with van der Waals surface area (Å²) in [7, 11) is 1.53. The summed E-state index contributed by atoms with van der Waals surface area (Å²) in [5, 5.41) is 0. The second-order valence-electron chi connectivity index (χ2n) is 1.21. The van der Waals surface area contributed by atoms with Gasteiger partial charge in [0.05, 0.1) is 6.61 Å². The van der Waals surface area contributed by atoms with Crippen LogP contribution in [0.4, 0.5) is 0 Å². The Bertz CT molecular complexity index is 67.1. The average molecular weight is 140 g/mol. The molecular formula is C4H10ClNO2. The van der Waals surface area contributed by atoms with Gasteiger partial charge in [-0.1, -0.05) is 0 Å².